The van der Waals surface area contributed by atoms with Gasteiger partial charge in [-0.25, -0.2) is 4.79 Å². The van der Waals surface area contributed by atoms with Crippen molar-refractivity contribution in [2.75, 3.05) is 34.4 Å². The number of ether oxygens (including phenoxy) is 4. The fourth-order valence-corrected chi connectivity index (χ4v) is 5.19. The average Bonchev–Trinajstić information content (AvgIpc) is 3.15. The third-order valence-electron chi connectivity index (χ3n) is 6.04. The molecule has 2 atom stereocenters. The molecule has 188 valence electrons. The van der Waals surface area contributed by atoms with Crippen LogP contribution in [-0.2, 0) is 9.53 Å². The molecule has 0 saturated carbocycles. The van der Waals surface area contributed by atoms with Crippen molar-refractivity contribution in [1.29, 1.82) is 0 Å². The number of carbonyl (C=O) groups excluding carboxylic acids is 3. The molecular weight excluding hydrogens is 542 g/mol. The molecule has 3 rings (SSSR count). The Morgan fingerprint density at radius 2 is 1.80 bits per heavy atom. The normalized spacial score (nSPS) is 17.7. The molecule has 1 aliphatic heterocycles. The number of ketones is 1. The van der Waals surface area contributed by atoms with Gasteiger partial charge in [0.2, 0.25) is 0 Å². The summed E-state index contributed by atoms with van der Waals surface area (Å²) in [6.07, 6.45) is 0.664. The van der Waals surface area contributed by atoms with Crippen LogP contribution in [0, 0.1) is 0 Å². The topological polar surface area (TPSA) is 91.4 Å². The Balaban J connectivity index is 2.20. The number of esters is 2. The van der Waals surface area contributed by atoms with Crippen LogP contribution in [0.1, 0.15) is 52.5 Å². The van der Waals surface area contributed by atoms with Gasteiger partial charge in [0.15, 0.2) is 11.5 Å². The number of halogens is 2. The van der Waals surface area contributed by atoms with E-state index < -0.39 is 11.9 Å². The zero-order valence-corrected chi connectivity index (χ0v) is 22.5. The number of carbonyl (C=O) groups is 3. The lowest BCUT2D eigenvalue weighted by Gasteiger charge is -2.28. The second-order valence-electron chi connectivity index (χ2n) is 8.21. The second-order valence-corrected chi connectivity index (χ2v) is 9.51. The first-order valence-corrected chi connectivity index (χ1v) is 12.1. The number of methoxy groups -OCH3 is 2. The van der Waals surface area contributed by atoms with Crippen LogP contribution >= 0.6 is 27.5 Å². The van der Waals surface area contributed by atoms with E-state index in [9.17, 15) is 14.4 Å². The van der Waals surface area contributed by atoms with Crippen LogP contribution in [0.25, 0.3) is 0 Å². The van der Waals surface area contributed by atoms with Gasteiger partial charge in [-0.15, -0.1) is 0 Å². The number of benzene rings is 2. The summed E-state index contributed by atoms with van der Waals surface area (Å²) in [5, 5.41) is 0.448. The first-order valence-electron chi connectivity index (χ1n) is 10.9. The lowest BCUT2D eigenvalue weighted by Crippen LogP contribution is -2.34. The Morgan fingerprint density at radius 3 is 2.37 bits per heavy atom. The van der Waals surface area contributed by atoms with E-state index >= 15 is 0 Å². The first-order chi connectivity index (χ1) is 16.6. The zero-order valence-electron chi connectivity index (χ0n) is 20.1. The molecule has 1 saturated heterocycles. The predicted octanol–water partition coefficient (Wildman–Crippen LogP) is 4.89. The zero-order chi connectivity index (χ0) is 25.9. The van der Waals surface area contributed by atoms with Gasteiger partial charge < -0.3 is 18.9 Å². The van der Waals surface area contributed by atoms with E-state index in [1.807, 2.05) is 7.05 Å². The van der Waals surface area contributed by atoms with E-state index in [0.717, 1.165) is 0 Å². The lowest BCUT2D eigenvalue weighted by atomic mass is 9.87. The molecule has 0 aliphatic carbocycles. The van der Waals surface area contributed by atoms with Gasteiger partial charge in [0, 0.05) is 34.0 Å². The van der Waals surface area contributed by atoms with Crippen molar-refractivity contribution in [3.05, 3.63) is 50.5 Å². The number of likely N-dealkylation sites (tertiary alicyclic amines) is 1. The number of hydrogen-bond acceptors (Lipinski definition) is 8. The molecular formula is C25H27BrClNO7. The van der Waals surface area contributed by atoms with Gasteiger partial charge in [-0.3, -0.25) is 14.5 Å². The SMILES string of the molecule is COc1cc(OC)c([C@H]2CCN(C)[C@@H]2COC(C)=O)c(OC(=O)c2ccc(Cl)cc2Br)c1C(C)=O. The second kappa shape index (κ2) is 11.4. The molecule has 0 N–H and O–H groups in total. The van der Waals surface area contributed by atoms with E-state index in [1.165, 1.54) is 34.1 Å². The molecule has 0 radical (unpaired) electrons. The summed E-state index contributed by atoms with van der Waals surface area (Å²) in [4.78, 5) is 39.6. The van der Waals surface area contributed by atoms with Crippen LogP contribution in [0.2, 0.25) is 5.02 Å². The molecule has 0 spiro atoms. The van der Waals surface area contributed by atoms with Crippen LogP contribution in [0.3, 0.4) is 0 Å². The van der Waals surface area contributed by atoms with Crippen molar-refractivity contribution in [1.82, 2.24) is 4.90 Å². The minimum absolute atomic E-state index is 0.0636. The van der Waals surface area contributed by atoms with Gasteiger partial charge in [-0.05, 0) is 61.1 Å². The summed E-state index contributed by atoms with van der Waals surface area (Å²) >= 11 is 9.36. The number of Topliss-reactive ketones (excluding diaryl/α,β-unsaturated/α-hetero) is 1. The van der Waals surface area contributed by atoms with Gasteiger partial charge in [0.1, 0.15) is 23.7 Å². The summed E-state index contributed by atoms with van der Waals surface area (Å²) in [6.45, 7) is 3.57. The largest absolute Gasteiger partial charge is 0.496 e. The Labute approximate surface area is 217 Å². The quantitative estimate of drug-likeness (QED) is 0.253. The molecule has 1 aliphatic rings. The third-order valence-corrected chi connectivity index (χ3v) is 6.93. The minimum atomic E-state index is -0.685. The van der Waals surface area contributed by atoms with Crippen LogP contribution in [0.5, 0.6) is 17.2 Å². The van der Waals surface area contributed by atoms with Crippen molar-refractivity contribution >= 4 is 45.3 Å². The van der Waals surface area contributed by atoms with E-state index in [2.05, 4.69) is 20.8 Å². The van der Waals surface area contributed by atoms with Crippen molar-refractivity contribution in [2.24, 2.45) is 0 Å². The van der Waals surface area contributed by atoms with Crippen LogP contribution in [-0.4, -0.2) is 63.1 Å². The highest BCUT2D eigenvalue weighted by atomic mass is 79.9. The van der Waals surface area contributed by atoms with Gasteiger partial charge in [0.25, 0.3) is 0 Å². The maximum atomic E-state index is 13.3. The fraction of sp³-hybridized carbons (Fsp3) is 0.400. The van der Waals surface area contributed by atoms with Gasteiger partial charge in [0.05, 0.1) is 25.8 Å². The highest BCUT2D eigenvalue weighted by molar-refractivity contribution is 9.10. The van der Waals surface area contributed by atoms with Crippen molar-refractivity contribution in [3.8, 4) is 17.2 Å². The summed E-state index contributed by atoms with van der Waals surface area (Å²) in [5.74, 6) is -0.989. The van der Waals surface area contributed by atoms with Crippen molar-refractivity contribution in [3.63, 3.8) is 0 Å². The van der Waals surface area contributed by atoms with Gasteiger partial charge in [-0.1, -0.05) is 11.6 Å². The monoisotopic (exact) mass is 567 g/mol. The highest BCUT2D eigenvalue weighted by Crippen LogP contribution is 2.48. The minimum Gasteiger partial charge on any atom is -0.496 e. The van der Waals surface area contributed by atoms with Crippen LogP contribution in [0.4, 0.5) is 0 Å². The van der Waals surface area contributed by atoms with E-state index in [1.54, 1.807) is 18.2 Å². The molecule has 10 heteroatoms. The fourth-order valence-electron chi connectivity index (χ4n) is 4.34. The molecule has 2 aromatic rings. The summed E-state index contributed by atoms with van der Waals surface area (Å²) in [6, 6.07) is 6.08. The van der Waals surface area contributed by atoms with Crippen molar-refractivity contribution < 1.29 is 33.3 Å². The predicted molar refractivity (Wildman–Crippen MR) is 134 cm³/mol. The first kappa shape index (κ1) is 27.0. The lowest BCUT2D eigenvalue weighted by molar-refractivity contribution is -0.142. The molecule has 0 bridgehead atoms. The Hall–Kier alpha value is -2.62. The van der Waals surface area contributed by atoms with Gasteiger partial charge >= 0.3 is 11.9 Å². The standard InChI is InChI=1S/C25H27BrClNO7/c1-13(29)22-20(32-4)11-21(33-5)23(17-8-9-28(3)19(17)12-34-14(2)30)24(22)35-25(31)16-7-6-15(27)10-18(16)26/h6-7,10-11,17,19H,8-9,12H2,1-5H3/t17-,19+/m0/s1. The summed E-state index contributed by atoms with van der Waals surface area (Å²) in [5.41, 5.74) is 0.901. The molecule has 8 nitrogen and oxygen atoms in total. The molecule has 35 heavy (non-hydrogen) atoms. The maximum Gasteiger partial charge on any atom is 0.344 e. The molecule has 1 heterocycles. The number of nitrogens with zero attached hydrogens (tertiary/aromatic N) is 1. The molecule has 0 unspecified atom stereocenters. The van der Waals surface area contributed by atoms with Crippen LogP contribution in [0.15, 0.2) is 28.7 Å². The smallest absolute Gasteiger partial charge is 0.344 e. The molecule has 0 amide bonds. The Kier molecular flexibility index (Phi) is 8.79. The molecule has 2 aromatic carbocycles. The van der Waals surface area contributed by atoms with E-state index in [-0.39, 0.29) is 47.0 Å². The Bertz CT molecular complexity index is 1150. The van der Waals surface area contributed by atoms with Crippen LogP contribution < -0.4 is 14.2 Å². The van der Waals surface area contributed by atoms with E-state index in [4.69, 9.17) is 30.5 Å². The van der Waals surface area contributed by atoms with E-state index in [0.29, 0.717) is 33.8 Å². The van der Waals surface area contributed by atoms with Gasteiger partial charge in [-0.2, -0.15) is 0 Å². The average molecular weight is 569 g/mol. The maximum absolute atomic E-state index is 13.3. The molecule has 0 aromatic heterocycles. The third kappa shape index (κ3) is 5.79. The molecule has 1 fully saturated rings. The summed E-state index contributed by atoms with van der Waals surface area (Å²) in [7, 11) is 4.84. The number of rotatable bonds is 8. The number of hydrogen-bond donors (Lipinski definition) is 0. The number of likely N-dealkylation sites (N-methyl/N-ethyl adjacent to an activating group) is 1. The highest BCUT2D eigenvalue weighted by Gasteiger charge is 2.40. The summed E-state index contributed by atoms with van der Waals surface area (Å²) < 4.78 is 22.8. The Morgan fingerprint density at radius 1 is 1.11 bits per heavy atom. The van der Waals surface area contributed by atoms with Crippen molar-refractivity contribution in [2.45, 2.75) is 32.2 Å².